The predicted molar refractivity (Wildman–Crippen MR) is 73.5 cm³/mol. The van der Waals surface area contributed by atoms with Crippen molar-refractivity contribution in [1.29, 1.82) is 0 Å². The summed E-state index contributed by atoms with van der Waals surface area (Å²) in [5, 5.41) is 9.44. The molecule has 2 aliphatic carbocycles. The summed E-state index contributed by atoms with van der Waals surface area (Å²) in [5.74, 6) is -1.90. The van der Waals surface area contributed by atoms with Crippen LogP contribution in [0.1, 0.15) is 6.42 Å². The van der Waals surface area contributed by atoms with Gasteiger partial charge in [-0.25, -0.2) is 0 Å². The van der Waals surface area contributed by atoms with Crippen LogP contribution in [0.25, 0.3) is 0 Å². The normalized spacial score (nSPS) is 41.0. The topological polar surface area (TPSA) is 76.1 Å². The van der Waals surface area contributed by atoms with Crippen molar-refractivity contribution in [2.75, 3.05) is 27.3 Å². The van der Waals surface area contributed by atoms with Crippen molar-refractivity contribution in [2.45, 2.75) is 18.6 Å². The highest BCUT2D eigenvalue weighted by molar-refractivity contribution is 5.87. The van der Waals surface area contributed by atoms with Crippen molar-refractivity contribution in [1.82, 2.24) is 4.90 Å². The molecule has 116 valence electrons. The van der Waals surface area contributed by atoms with Gasteiger partial charge in [0.1, 0.15) is 12.2 Å². The van der Waals surface area contributed by atoms with Gasteiger partial charge >= 0.3 is 5.97 Å². The number of carboxylic acids is 1. The molecule has 0 aromatic carbocycles. The minimum atomic E-state index is -0.865. The first-order valence-electron chi connectivity index (χ1n) is 7.32. The molecule has 0 radical (unpaired) electrons. The molecule has 3 rings (SSSR count). The summed E-state index contributed by atoms with van der Waals surface area (Å²) in [6.07, 6.45) is 4.45. The van der Waals surface area contributed by atoms with Crippen LogP contribution in [0.5, 0.6) is 0 Å². The Morgan fingerprint density at radius 1 is 1.05 bits per heavy atom. The fourth-order valence-corrected chi connectivity index (χ4v) is 4.08. The molecule has 4 unspecified atom stereocenters. The molecule has 1 amide bonds. The van der Waals surface area contributed by atoms with E-state index in [9.17, 15) is 14.7 Å². The Kier molecular flexibility index (Phi) is 3.75. The number of amides is 1. The zero-order valence-electron chi connectivity index (χ0n) is 12.3. The summed E-state index contributed by atoms with van der Waals surface area (Å²) in [7, 11) is 3.20. The number of aliphatic carboxylic acids is 1. The Hall–Kier alpha value is -1.40. The third-order valence-corrected chi connectivity index (χ3v) is 5.16. The average Bonchev–Trinajstić information content (AvgIpc) is 3.18. The number of nitrogens with zero attached hydrogens (tertiary/aromatic N) is 1. The first-order valence-corrected chi connectivity index (χ1v) is 7.32. The van der Waals surface area contributed by atoms with E-state index in [0.29, 0.717) is 13.1 Å². The maximum atomic E-state index is 12.8. The minimum absolute atomic E-state index is 0.000460. The van der Waals surface area contributed by atoms with Crippen molar-refractivity contribution in [2.24, 2.45) is 23.7 Å². The standard InChI is InChI=1S/C15H21NO5/c1-20-10-6-16(7-11(10)21-2)14(17)12-8-3-4-9(5-8)13(12)15(18)19/h3-4,8-13H,5-7H2,1-2H3,(H,18,19)/t8?,9?,10?,11?,12-,13+/m0/s1. The molecule has 1 saturated carbocycles. The van der Waals surface area contributed by atoms with Gasteiger partial charge in [0.05, 0.1) is 11.8 Å². The van der Waals surface area contributed by atoms with Gasteiger partial charge in [0.15, 0.2) is 0 Å². The molecule has 2 bridgehead atoms. The lowest BCUT2D eigenvalue weighted by Crippen LogP contribution is -2.42. The van der Waals surface area contributed by atoms with Gasteiger partial charge in [0.25, 0.3) is 0 Å². The quantitative estimate of drug-likeness (QED) is 0.759. The molecule has 6 atom stereocenters. The molecule has 1 N–H and O–H groups in total. The summed E-state index contributed by atoms with van der Waals surface area (Å²) in [4.78, 5) is 26.0. The smallest absolute Gasteiger partial charge is 0.307 e. The van der Waals surface area contributed by atoms with Crippen LogP contribution in [0.2, 0.25) is 0 Å². The van der Waals surface area contributed by atoms with Crippen LogP contribution in [0, 0.1) is 23.7 Å². The van der Waals surface area contributed by atoms with Gasteiger partial charge in [-0.15, -0.1) is 0 Å². The number of carbonyl (C=O) groups is 2. The van der Waals surface area contributed by atoms with E-state index in [1.807, 2.05) is 12.2 Å². The lowest BCUT2D eigenvalue weighted by atomic mass is 9.82. The van der Waals surface area contributed by atoms with Crippen LogP contribution in [0.15, 0.2) is 12.2 Å². The summed E-state index contributed by atoms with van der Waals surface area (Å²) in [6.45, 7) is 0.940. The molecule has 6 heteroatoms. The lowest BCUT2D eigenvalue weighted by molar-refractivity contribution is -0.150. The summed E-state index contributed by atoms with van der Waals surface area (Å²) in [6, 6.07) is 0. The number of carboxylic acid groups (broad SMARTS) is 1. The molecule has 1 saturated heterocycles. The van der Waals surface area contributed by atoms with Gasteiger partial charge in [-0.3, -0.25) is 9.59 Å². The van der Waals surface area contributed by atoms with Crippen molar-refractivity contribution >= 4 is 11.9 Å². The number of likely N-dealkylation sites (tertiary alicyclic amines) is 1. The molecule has 3 aliphatic rings. The molecule has 1 heterocycles. The maximum Gasteiger partial charge on any atom is 0.307 e. The second-order valence-corrected chi connectivity index (χ2v) is 6.13. The molecule has 0 spiro atoms. The van der Waals surface area contributed by atoms with Crippen LogP contribution in [0.4, 0.5) is 0 Å². The number of hydrogen-bond donors (Lipinski definition) is 1. The fourth-order valence-electron chi connectivity index (χ4n) is 4.08. The average molecular weight is 295 g/mol. The second-order valence-electron chi connectivity index (χ2n) is 6.13. The zero-order valence-corrected chi connectivity index (χ0v) is 12.3. The van der Waals surface area contributed by atoms with E-state index in [1.54, 1.807) is 19.1 Å². The van der Waals surface area contributed by atoms with Gasteiger partial charge in [0.2, 0.25) is 5.91 Å². The van der Waals surface area contributed by atoms with Gasteiger partial charge in [-0.2, -0.15) is 0 Å². The molecule has 6 nitrogen and oxygen atoms in total. The Labute approximate surface area is 123 Å². The van der Waals surface area contributed by atoms with Crippen LogP contribution in [0.3, 0.4) is 0 Å². The number of carbonyl (C=O) groups excluding carboxylic acids is 1. The van der Waals surface area contributed by atoms with E-state index >= 15 is 0 Å². The number of ether oxygens (including phenoxy) is 2. The number of fused-ring (bicyclic) bond motifs is 2. The summed E-state index contributed by atoms with van der Waals surface area (Å²) in [5.41, 5.74) is 0. The number of methoxy groups -OCH3 is 2. The van der Waals surface area contributed by atoms with E-state index in [2.05, 4.69) is 0 Å². The van der Waals surface area contributed by atoms with Crippen LogP contribution >= 0.6 is 0 Å². The molecule has 2 fully saturated rings. The molecular weight excluding hydrogens is 274 g/mol. The highest BCUT2D eigenvalue weighted by atomic mass is 16.5. The zero-order chi connectivity index (χ0) is 15.1. The summed E-state index contributed by atoms with van der Waals surface area (Å²) < 4.78 is 10.7. The number of hydrogen-bond acceptors (Lipinski definition) is 4. The molecule has 0 aromatic rings. The largest absolute Gasteiger partial charge is 0.481 e. The van der Waals surface area contributed by atoms with Crippen molar-refractivity contribution in [3.8, 4) is 0 Å². The first kappa shape index (κ1) is 14.5. The van der Waals surface area contributed by atoms with Crippen molar-refractivity contribution < 1.29 is 24.2 Å². The molecule has 1 aliphatic heterocycles. The van der Waals surface area contributed by atoms with E-state index in [0.717, 1.165) is 6.42 Å². The van der Waals surface area contributed by atoms with Gasteiger partial charge < -0.3 is 19.5 Å². The lowest BCUT2D eigenvalue weighted by Gasteiger charge is -2.28. The Morgan fingerprint density at radius 3 is 2.05 bits per heavy atom. The Bertz CT molecular complexity index is 465. The van der Waals surface area contributed by atoms with Gasteiger partial charge in [0, 0.05) is 27.3 Å². The second kappa shape index (κ2) is 5.42. The SMILES string of the molecule is COC1CN(C(=O)[C@H]2C3C=CC(C3)[C@H]2C(=O)O)CC1OC. The Balaban J connectivity index is 1.76. The van der Waals surface area contributed by atoms with Crippen LogP contribution in [-0.4, -0.2) is 61.4 Å². The number of allylic oxidation sites excluding steroid dienone is 2. The fraction of sp³-hybridized carbons (Fsp3) is 0.733. The predicted octanol–water partition coefficient (Wildman–Crippen LogP) is 0.382. The summed E-state index contributed by atoms with van der Waals surface area (Å²) >= 11 is 0. The first-order chi connectivity index (χ1) is 10.1. The minimum Gasteiger partial charge on any atom is -0.481 e. The highest BCUT2D eigenvalue weighted by Crippen LogP contribution is 2.49. The highest BCUT2D eigenvalue weighted by Gasteiger charge is 2.53. The van der Waals surface area contributed by atoms with E-state index < -0.39 is 17.8 Å². The van der Waals surface area contributed by atoms with Crippen LogP contribution < -0.4 is 0 Å². The third-order valence-electron chi connectivity index (χ3n) is 5.16. The third kappa shape index (κ3) is 2.26. The molecular formula is C15H21NO5. The van der Waals surface area contributed by atoms with E-state index in [4.69, 9.17) is 9.47 Å². The van der Waals surface area contributed by atoms with Crippen LogP contribution in [-0.2, 0) is 19.1 Å². The van der Waals surface area contributed by atoms with Crippen molar-refractivity contribution in [3.63, 3.8) is 0 Å². The number of rotatable bonds is 4. The van der Waals surface area contributed by atoms with Gasteiger partial charge in [-0.05, 0) is 18.3 Å². The van der Waals surface area contributed by atoms with E-state index in [-0.39, 0.29) is 30.0 Å². The van der Waals surface area contributed by atoms with E-state index in [1.165, 1.54) is 0 Å². The van der Waals surface area contributed by atoms with Gasteiger partial charge in [-0.1, -0.05) is 12.2 Å². The maximum absolute atomic E-state index is 12.8. The molecule has 21 heavy (non-hydrogen) atoms. The Morgan fingerprint density at radius 2 is 1.57 bits per heavy atom. The molecule has 0 aromatic heterocycles. The van der Waals surface area contributed by atoms with Crippen molar-refractivity contribution in [3.05, 3.63) is 12.2 Å². The monoisotopic (exact) mass is 295 g/mol.